The van der Waals surface area contributed by atoms with Gasteiger partial charge in [-0.2, -0.15) is 8.42 Å². The molecule has 0 saturated carbocycles. The molecule has 100 valence electrons. The van der Waals surface area contributed by atoms with E-state index in [2.05, 4.69) is 24.0 Å². The Morgan fingerprint density at radius 2 is 2.00 bits per heavy atom. The van der Waals surface area contributed by atoms with Gasteiger partial charge in [0.2, 0.25) is 0 Å². The second-order valence-electron chi connectivity index (χ2n) is 4.92. The van der Waals surface area contributed by atoms with Gasteiger partial charge in [0, 0.05) is 19.1 Å². The minimum Gasteiger partial charge on any atom is -0.294 e. The maximum atomic E-state index is 11.1. The molecule has 1 aliphatic rings. The summed E-state index contributed by atoms with van der Waals surface area (Å²) in [5, 5.41) is 0. The number of likely N-dealkylation sites (tertiary alicyclic amines) is 1. The summed E-state index contributed by atoms with van der Waals surface area (Å²) in [6.07, 6.45) is 1.66. The molecule has 0 radical (unpaired) electrons. The van der Waals surface area contributed by atoms with Crippen molar-refractivity contribution in [1.29, 1.82) is 0 Å². The number of benzene rings is 1. The summed E-state index contributed by atoms with van der Waals surface area (Å²) in [5.41, 5.74) is 1.24. The maximum Gasteiger partial charge on any atom is 0.264 e. The molecule has 1 aliphatic heterocycles. The minimum absolute atomic E-state index is 0.210. The van der Waals surface area contributed by atoms with E-state index >= 15 is 0 Å². The molecule has 1 fully saturated rings. The molecular formula is C13H19NO3S. The summed E-state index contributed by atoms with van der Waals surface area (Å²) in [7, 11) is -3.35. The lowest BCUT2D eigenvalue weighted by molar-refractivity contribution is 0.202. The lowest BCUT2D eigenvalue weighted by atomic mass is 10.2. The Hall–Kier alpha value is -0.910. The average molecular weight is 269 g/mol. The predicted molar refractivity (Wildman–Crippen MR) is 70.6 cm³/mol. The van der Waals surface area contributed by atoms with Crippen LogP contribution in [0.1, 0.15) is 18.9 Å². The molecule has 0 spiro atoms. The standard InChI is InChI=1S/C13H19NO3S/c1-11-8-13(17-18(2,15)16)10-14(11)9-12-6-4-3-5-7-12/h3-7,11,13H,8-10H2,1-2H3/t11-,13-/m1/s1. The van der Waals surface area contributed by atoms with Crippen LogP contribution >= 0.6 is 0 Å². The number of rotatable bonds is 4. The fraction of sp³-hybridized carbons (Fsp3) is 0.538. The molecule has 18 heavy (non-hydrogen) atoms. The molecule has 0 aromatic heterocycles. The molecule has 0 N–H and O–H groups in total. The number of nitrogens with zero attached hydrogens (tertiary/aromatic N) is 1. The third-order valence-corrected chi connectivity index (χ3v) is 3.83. The quantitative estimate of drug-likeness (QED) is 0.779. The molecule has 0 bridgehead atoms. The summed E-state index contributed by atoms with van der Waals surface area (Å²) in [5.74, 6) is 0. The van der Waals surface area contributed by atoms with E-state index in [4.69, 9.17) is 4.18 Å². The van der Waals surface area contributed by atoms with Crippen molar-refractivity contribution in [2.45, 2.75) is 32.0 Å². The maximum absolute atomic E-state index is 11.1. The largest absolute Gasteiger partial charge is 0.294 e. The van der Waals surface area contributed by atoms with Crippen molar-refractivity contribution in [3.63, 3.8) is 0 Å². The van der Waals surface area contributed by atoms with Gasteiger partial charge in [-0.25, -0.2) is 0 Å². The van der Waals surface area contributed by atoms with Crippen molar-refractivity contribution in [2.24, 2.45) is 0 Å². The highest BCUT2D eigenvalue weighted by atomic mass is 32.2. The first-order valence-electron chi connectivity index (χ1n) is 6.10. The first-order valence-corrected chi connectivity index (χ1v) is 7.92. The van der Waals surface area contributed by atoms with E-state index in [-0.39, 0.29) is 6.10 Å². The van der Waals surface area contributed by atoms with E-state index in [0.717, 1.165) is 19.2 Å². The Kier molecular flexibility index (Phi) is 4.04. The van der Waals surface area contributed by atoms with E-state index in [1.165, 1.54) is 5.56 Å². The van der Waals surface area contributed by atoms with E-state index in [9.17, 15) is 8.42 Å². The monoisotopic (exact) mass is 269 g/mol. The van der Waals surface area contributed by atoms with Gasteiger partial charge in [0.25, 0.3) is 10.1 Å². The molecule has 1 saturated heterocycles. The van der Waals surface area contributed by atoms with E-state index in [1.54, 1.807) is 0 Å². The van der Waals surface area contributed by atoms with Crippen molar-refractivity contribution in [3.8, 4) is 0 Å². The fourth-order valence-corrected chi connectivity index (χ4v) is 3.03. The van der Waals surface area contributed by atoms with Gasteiger partial charge in [0.05, 0.1) is 12.4 Å². The minimum atomic E-state index is -3.35. The van der Waals surface area contributed by atoms with Crippen molar-refractivity contribution in [3.05, 3.63) is 35.9 Å². The Morgan fingerprint density at radius 1 is 1.33 bits per heavy atom. The molecule has 4 nitrogen and oxygen atoms in total. The average Bonchev–Trinajstić information content (AvgIpc) is 2.58. The van der Waals surface area contributed by atoms with Crippen LogP contribution in [0.5, 0.6) is 0 Å². The van der Waals surface area contributed by atoms with Gasteiger partial charge in [-0.1, -0.05) is 30.3 Å². The zero-order valence-corrected chi connectivity index (χ0v) is 11.6. The molecule has 1 aromatic carbocycles. The summed E-state index contributed by atoms with van der Waals surface area (Å²) in [6, 6.07) is 10.5. The lowest BCUT2D eigenvalue weighted by Gasteiger charge is -2.20. The van der Waals surface area contributed by atoms with Crippen molar-refractivity contribution in [2.75, 3.05) is 12.8 Å². The normalized spacial score (nSPS) is 25.4. The van der Waals surface area contributed by atoms with Crippen LogP contribution in [0.15, 0.2) is 30.3 Å². The van der Waals surface area contributed by atoms with E-state index in [1.807, 2.05) is 18.2 Å². The van der Waals surface area contributed by atoms with E-state index in [0.29, 0.717) is 12.6 Å². The SMILES string of the molecule is C[C@@H]1C[C@@H](OS(C)(=O)=O)CN1Cc1ccccc1. The molecule has 0 aliphatic carbocycles. The summed E-state index contributed by atoms with van der Waals surface area (Å²) < 4.78 is 27.3. The molecule has 2 atom stereocenters. The van der Waals surface area contributed by atoms with Gasteiger partial charge in [-0.15, -0.1) is 0 Å². The number of hydrogen-bond donors (Lipinski definition) is 0. The Bertz CT molecular complexity index is 486. The smallest absolute Gasteiger partial charge is 0.264 e. The molecule has 2 rings (SSSR count). The van der Waals surface area contributed by atoms with Crippen LogP contribution in [0.25, 0.3) is 0 Å². The first kappa shape index (κ1) is 13.5. The fourth-order valence-electron chi connectivity index (χ4n) is 2.40. The Labute approximate surface area is 109 Å². The van der Waals surface area contributed by atoms with Crippen molar-refractivity contribution in [1.82, 2.24) is 4.90 Å². The van der Waals surface area contributed by atoms with Crippen LogP contribution in [-0.2, 0) is 20.8 Å². The van der Waals surface area contributed by atoms with Gasteiger partial charge in [-0.05, 0) is 18.9 Å². The van der Waals surface area contributed by atoms with Crippen LogP contribution in [0.2, 0.25) is 0 Å². The van der Waals surface area contributed by atoms with Crippen LogP contribution in [-0.4, -0.2) is 38.3 Å². The first-order chi connectivity index (χ1) is 8.44. The van der Waals surface area contributed by atoms with E-state index < -0.39 is 10.1 Å². The second kappa shape index (κ2) is 5.38. The van der Waals surface area contributed by atoms with Crippen LogP contribution < -0.4 is 0 Å². The molecule has 1 heterocycles. The third kappa shape index (κ3) is 3.80. The summed E-state index contributed by atoms with van der Waals surface area (Å²) >= 11 is 0. The summed E-state index contributed by atoms with van der Waals surface area (Å²) in [4.78, 5) is 2.26. The molecule has 0 amide bonds. The van der Waals surface area contributed by atoms with Crippen molar-refractivity contribution >= 4 is 10.1 Å². The predicted octanol–water partition coefficient (Wildman–Crippen LogP) is 1.63. The Morgan fingerprint density at radius 3 is 2.61 bits per heavy atom. The Balaban J connectivity index is 1.95. The molecule has 5 heteroatoms. The van der Waals surface area contributed by atoms with Gasteiger partial charge < -0.3 is 0 Å². The molecule has 1 aromatic rings. The molecular weight excluding hydrogens is 250 g/mol. The molecule has 0 unspecified atom stereocenters. The summed E-state index contributed by atoms with van der Waals surface area (Å²) in [6.45, 7) is 3.61. The van der Waals surface area contributed by atoms with Gasteiger partial charge >= 0.3 is 0 Å². The zero-order chi connectivity index (χ0) is 13.2. The highest BCUT2D eigenvalue weighted by Gasteiger charge is 2.31. The van der Waals surface area contributed by atoms with Gasteiger partial charge in [-0.3, -0.25) is 9.08 Å². The van der Waals surface area contributed by atoms with Gasteiger partial charge in [0.1, 0.15) is 0 Å². The number of hydrogen-bond acceptors (Lipinski definition) is 4. The highest BCUT2D eigenvalue weighted by molar-refractivity contribution is 7.86. The topological polar surface area (TPSA) is 46.6 Å². The van der Waals surface area contributed by atoms with Crippen molar-refractivity contribution < 1.29 is 12.6 Å². The highest BCUT2D eigenvalue weighted by Crippen LogP contribution is 2.23. The van der Waals surface area contributed by atoms with Crippen LogP contribution in [0.4, 0.5) is 0 Å². The second-order valence-corrected chi connectivity index (χ2v) is 6.52. The van der Waals surface area contributed by atoms with Crippen LogP contribution in [0.3, 0.4) is 0 Å². The zero-order valence-electron chi connectivity index (χ0n) is 10.7. The lowest BCUT2D eigenvalue weighted by Crippen LogP contribution is -2.27. The van der Waals surface area contributed by atoms with Gasteiger partial charge in [0.15, 0.2) is 0 Å². The van der Waals surface area contributed by atoms with Crippen LogP contribution in [0, 0.1) is 0 Å². The third-order valence-electron chi connectivity index (χ3n) is 3.20.